The van der Waals surface area contributed by atoms with E-state index >= 15 is 0 Å². The number of benzene rings is 1. The summed E-state index contributed by atoms with van der Waals surface area (Å²) in [6.45, 7) is 12.0. The van der Waals surface area contributed by atoms with Crippen molar-refractivity contribution < 1.29 is 14.2 Å². The molecule has 0 N–H and O–H groups in total. The first-order valence-corrected chi connectivity index (χ1v) is 7.66. The van der Waals surface area contributed by atoms with Gasteiger partial charge in [-0.15, -0.1) is 0 Å². The summed E-state index contributed by atoms with van der Waals surface area (Å²) in [5.74, 6) is 0.362. The van der Waals surface area contributed by atoms with Gasteiger partial charge in [0, 0.05) is 11.6 Å². The van der Waals surface area contributed by atoms with Gasteiger partial charge in [0.05, 0.1) is 16.1 Å². The summed E-state index contributed by atoms with van der Waals surface area (Å²) < 4.78 is 11.9. The van der Waals surface area contributed by atoms with Crippen molar-refractivity contribution >= 4 is 18.3 Å². The second kappa shape index (κ2) is 5.67. The number of nitro benzene ring substituents is 1. The van der Waals surface area contributed by atoms with E-state index in [1.165, 1.54) is 0 Å². The quantitative estimate of drug-likeness (QED) is 0.487. The Morgan fingerprint density at radius 1 is 1.18 bits per heavy atom. The molecule has 120 valence electrons. The molecule has 0 aromatic heterocycles. The van der Waals surface area contributed by atoms with Crippen molar-refractivity contribution in [2.75, 3.05) is 0 Å². The van der Waals surface area contributed by atoms with Gasteiger partial charge >= 0.3 is 7.12 Å². The van der Waals surface area contributed by atoms with E-state index in [0.717, 1.165) is 5.56 Å². The molecule has 2 rings (SSSR count). The monoisotopic (exact) mass is 305 g/mol. The number of nitro groups is 1. The van der Waals surface area contributed by atoms with Gasteiger partial charge in [0.2, 0.25) is 0 Å². The molecule has 0 saturated carbocycles. The standard InChI is InChI=1S/C16H24BNO4/c1-11(2)9-12-7-8-13(10-14(12)18(19)20)17-21-15(3,4)16(5,6)22-17/h7-8,10-11H,9H2,1-6H3. The van der Waals surface area contributed by atoms with E-state index in [2.05, 4.69) is 0 Å². The van der Waals surface area contributed by atoms with Crippen LogP contribution in [0.15, 0.2) is 18.2 Å². The summed E-state index contributed by atoms with van der Waals surface area (Å²) in [7, 11) is -0.572. The van der Waals surface area contributed by atoms with Crippen LogP contribution in [0.2, 0.25) is 0 Å². The Morgan fingerprint density at radius 2 is 1.73 bits per heavy atom. The predicted molar refractivity (Wildman–Crippen MR) is 87.4 cm³/mol. The Kier molecular flexibility index (Phi) is 4.37. The number of hydrogen-bond acceptors (Lipinski definition) is 4. The second-order valence-corrected chi connectivity index (χ2v) is 7.33. The molecular weight excluding hydrogens is 281 g/mol. The van der Waals surface area contributed by atoms with E-state index in [0.29, 0.717) is 17.8 Å². The number of rotatable bonds is 4. The van der Waals surface area contributed by atoms with Gasteiger partial charge < -0.3 is 9.31 Å². The molecule has 1 aliphatic heterocycles. The highest BCUT2D eigenvalue weighted by Crippen LogP contribution is 2.36. The largest absolute Gasteiger partial charge is 0.495 e. The second-order valence-electron chi connectivity index (χ2n) is 7.33. The molecule has 1 aliphatic rings. The Bertz CT molecular complexity index is 568. The van der Waals surface area contributed by atoms with Gasteiger partial charge in [-0.05, 0) is 45.5 Å². The van der Waals surface area contributed by atoms with Gasteiger partial charge in [0.1, 0.15) is 0 Å². The molecule has 1 saturated heterocycles. The van der Waals surface area contributed by atoms with Gasteiger partial charge in [0.15, 0.2) is 0 Å². The lowest BCUT2D eigenvalue weighted by molar-refractivity contribution is -0.385. The molecule has 1 aromatic carbocycles. The van der Waals surface area contributed by atoms with E-state index in [-0.39, 0.29) is 10.6 Å². The van der Waals surface area contributed by atoms with E-state index in [1.54, 1.807) is 6.07 Å². The molecule has 1 aromatic rings. The fourth-order valence-electron chi connectivity index (χ4n) is 2.49. The number of nitrogens with zero attached hydrogens (tertiary/aromatic N) is 1. The van der Waals surface area contributed by atoms with E-state index in [9.17, 15) is 10.1 Å². The zero-order valence-corrected chi connectivity index (χ0v) is 14.2. The van der Waals surface area contributed by atoms with Crippen LogP contribution in [0, 0.1) is 16.0 Å². The minimum Gasteiger partial charge on any atom is -0.399 e. The fourth-order valence-corrected chi connectivity index (χ4v) is 2.49. The molecule has 0 unspecified atom stereocenters. The van der Waals surface area contributed by atoms with Crippen molar-refractivity contribution in [2.24, 2.45) is 5.92 Å². The molecule has 0 aliphatic carbocycles. The Labute approximate surface area is 132 Å². The van der Waals surface area contributed by atoms with Crippen LogP contribution in [0.25, 0.3) is 0 Å². The average molecular weight is 305 g/mol. The van der Waals surface area contributed by atoms with Crippen LogP contribution in [0.4, 0.5) is 5.69 Å². The van der Waals surface area contributed by atoms with Crippen molar-refractivity contribution in [3.63, 3.8) is 0 Å². The molecule has 0 amide bonds. The highest BCUT2D eigenvalue weighted by atomic mass is 16.7. The zero-order chi connectivity index (χ0) is 16.7. The first-order valence-electron chi connectivity index (χ1n) is 7.66. The van der Waals surface area contributed by atoms with Crippen molar-refractivity contribution in [1.82, 2.24) is 0 Å². The van der Waals surface area contributed by atoms with E-state index in [4.69, 9.17) is 9.31 Å². The van der Waals surface area contributed by atoms with E-state index < -0.39 is 18.3 Å². The number of hydrogen-bond donors (Lipinski definition) is 0. The zero-order valence-electron chi connectivity index (χ0n) is 14.2. The maximum absolute atomic E-state index is 11.3. The van der Waals surface area contributed by atoms with Gasteiger partial charge in [-0.3, -0.25) is 10.1 Å². The molecule has 6 heteroatoms. The molecule has 0 bridgehead atoms. The maximum Gasteiger partial charge on any atom is 0.495 e. The average Bonchev–Trinajstić information content (AvgIpc) is 2.57. The summed E-state index contributed by atoms with van der Waals surface area (Å²) >= 11 is 0. The Balaban J connectivity index is 2.34. The van der Waals surface area contributed by atoms with Crippen molar-refractivity contribution in [1.29, 1.82) is 0 Å². The molecular formula is C16H24BNO4. The third-order valence-corrected chi connectivity index (χ3v) is 4.46. The molecule has 1 fully saturated rings. The lowest BCUT2D eigenvalue weighted by Crippen LogP contribution is -2.41. The summed E-state index contributed by atoms with van der Waals surface area (Å²) in [4.78, 5) is 11.0. The SMILES string of the molecule is CC(C)Cc1ccc(B2OC(C)(C)C(C)(C)O2)cc1[N+](=O)[O-]. The molecule has 22 heavy (non-hydrogen) atoms. The molecule has 0 atom stereocenters. The Morgan fingerprint density at radius 3 is 2.18 bits per heavy atom. The van der Waals surface area contributed by atoms with Gasteiger partial charge in [0.25, 0.3) is 5.69 Å². The summed E-state index contributed by atoms with van der Waals surface area (Å²) in [6.07, 6.45) is 0.681. The van der Waals surface area contributed by atoms with Crippen LogP contribution in [-0.4, -0.2) is 23.2 Å². The topological polar surface area (TPSA) is 61.6 Å². The smallest absolute Gasteiger partial charge is 0.399 e. The maximum atomic E-state index is 11.3. The summed E-state index contributed by atoms with van der Waals surface area (Å²) in [5.41, 5.74) is 0.672. The van der Waals surface area contributed by atoms with Crippen molar-refractivity contribution in [2.45, 2.75) is 59.2 Å². The normalized spacial score (nSPS) is 19.7. The Hall–Kier alpha value is -1.40. The van der Waals surface area contributed by atoms with Gasteiger partial charge in [-0.25, -0.2) is 0 Å². The predicted octanol–water partition coefficient (Wildman–Crippen LogP) is 3.09. The first-order chi connectivity index (χ1) is 10.0. The van der Waals surface area contributed by atoms with E-state index in [1.807, 2.05) is 53.7 Å². The third kappa shape index (κ3) is 3.18. The van der Waals surface area contributed by atoms with Crippen LogP contribution in [-0.2, 0) is 15.7 Å². The third-order valence-electron chi connectivity index (χ3n) is 4.46. The minimum absolute atomic E-state index is 0.140. The van der Waals surface area contributed by atoms with Gasteiger partial charge in [-0.2, -0.15) is 0 Å². The highest BCUT2D eigenvalue weighted by Gasteiger charge is 2.51. The van der Waals surface area contributed by atoms with Crippen molar-refractivity contribution in [3.05, 3.63) is 33.9 Å². The lowest BCUT2D eigenvalue weighted by atomic mass is 9.78. The summed E-state index contributed by atoms with van der Waals surface area (Å²) in [6, 6.07) is 5.27. The fraction of sp³-hybridized carbons (Fsp3) is 0.625. The molecule has 5 nitrogen and oxygen atoms in total. The van der Waals surface area contributed by atoms with Gasteiger partial charge in [-0.1, -0.05) is 26.0 Å². The van der Waals surface area contributed by atoms with Crippen LogP contribution in [0.5, 0.6) is 0 Å². The molecule has 0 radical (unpaired) electrons. The van der Waals surface area contributed by atoms with Crippen LogP contribution < -0.4 is 5.46 Å². The summed E-state index contributed by atoms with van der Waals surface area (Å²) in [5, 5.41) is 11.3. The van der Waals surface area contributed by atoms with Crippen LogP contribution in [0.3, 0.4) is 0 Å². The highest BCUT2D eigenvalue weighted by molar-refractivity contribution is 6.62. The molecule has 0 spiro atoms. The first kappa shape index (κ1) is 17.0. The minimum atomic E-state index is -0.572. The van der Waals surface area contributed by atoms with Crippen LogP contribution >= 0.6 is 0 Å². The lowest BCUT2D eigenvalue weighted by Gasteiger charge is -2.32. The molecule has 1 heterocycles. The van der Waals surface area contributed by atoms with Crippen molar-refractivity contribution in [3.8, 4) is 0 Å². The van der Waals surface area contributed by atoms with Crippen LogP contribution in [0.1, 0.15) is 47.1 Å².